The lowest BCUT2D eigenvalue weighted by atomic mass is 9.98. The summed E-state index contributed by atoms with van der Waals surface area (Å²) in [5.41, 5.74) is 0.308. The zero-order valence-corrected chi connectivity index (χ0v) is 20.7. The standard InChI is InChI=1S/C24H30ClNO6S/c1-24(2,3)31-23(27)26-12-10-18(11-13-26)16-30-17-19-6-4-8-21(14-19)32-33(28,29)22-9-5-7-20(25)15-22/h4-9,14-15,18H,10-13,16-17H2,1-3H3. The third kappa shape index (κ3) is 7.91. The molecule has 7 nitrogen and oxygen atoms in total. The second-order valence-corrected chi connectivity index (χ2v) is 11.1. The molecule has 0 aliphatic carbocycles. The molecule has 2 aromatic rings. The maximum Gasteiger partial charge on any atom is 0.410 e. The van der Waals surface area contributed by atoms with E-state index in [9.17, 15) is 13.2 Å². The zero-order chi connectivity index (χ0) is 24.1. The maximum absolute atomic E-state index is 12.5. The quantitative estimate of drug-likeness (QED) is 0.486. The van der Waals surface area contributed by atoms with E-state index in [1.165, 1.54) is 12.1 Å². The first kappa shape index (κ1) is 25.3. The molecule has 1 amide bonds. The topological polar surface area (TPSA) is 82.1 Å². The fraction of sp³-hybridized carbons (Fsp3) is 0.458. The van der Waals surface area contributed by atoms with Gasteiger partial charge < -0.3 is 18.6 Å². The Morgan fingerprint density at radius 2 is 1.79 bits per heavy atom. The van der Waals surface area contributed by atoms with Crippen molar-refractivity contribution in [2.45, 2.75) is 50.7 Å². The molecule has 0 N–H and O–H groups in total. The van der Waals surface area contributed by atoms with Gasteiger partial charge in [0, 0.05) is 24.7 Å². The molecule has 1 fully saturated rings. The summed E-state index contributed by atoms with van der Waals surface area (Å²) in [7, 11) is -3.98. The molecular formula is C24H30ClNO6S. The van der Waals surface area contributed by atoms with Crippen molar-refractivity contribution in [3.63, 3.8) is 0 Å². The van der Waals surface area contributed by atoms with Gasteiger partial charge in [-0.3, -0.25) is 0 Å². The number of ether oxygens (including phenoxy) is 2. The summed E-state index contributed by atoms with van der Waals surface area (Å²) in [4.78, 5) is 13.9. The molecular weight excluding hydrogens is 466 g/mol. The van der Waals surface area contributed by atoms with Crippen molar-refractivity contribution in [3.05, 3.63) is 59.1 Å². The highest BCUT2D eigenvalue weighted by Gasteiger charge is 2.27. The number of benzene rings is 2. The minimum absolute atomic E-state index is 0.00521. The Kier molecular flexibility index (Phi) is 8.26. The van der Waals surface area contributed by atoms with E-state index in [1.807, 2.05) is 26.8 Å². The van der Waals surface area contributed by atoms with Crippen LogP contribution in [0.1, 0.15) is 39.2 Å². The van der Waals surface area contributed by atoms with Crippen molar-refractivity contribution in [2.75, 3.05) is 19.7 Å². The van der Waals surface area contributed by atoms with Crippen LogP contribution >= 0.6 is 11.6 Å². The minimum atomic E-state index is -3.98. The Morgan fingerprint density at radius 1 is 1.09 bits per heavy atom. The number of carbonyl (C=O) groups excluding carboxylic acids is 1. The van der Waals surface area contributed by atoms with Crippen molar-refractivity contribution >= 4 is 27.8 Å². The minimum Gasteiger partial charge on any atom is -0.444 e. The zero-order valence-electron chi connectivity index (χ0n) is 19.1. The predicted octanol–water partition coefficient (Wildman–Crippen LogP) is 5.27. The van der Waals surface area contributed by atoms with Crippen LogP contribution in [0.4, 0.5) is 4.79 Å². The summed E-state index contributed by atoms with van der Waals surface area (Å²) >= 11 is 5.89. The third-order valence-electron chi connectivity index (χ3n) is 5.08. The van der Waals surface area contributed by atoms with Crippen LogP contribution in [0.25, 0.3) is 0 Å². The lowest BCUT2D eigenvalue weighted by molar-refractivity contribution is 0.0105. The number of piperidine rings is 1. The average Bonchev–Trinajstić information content (AvgIpc) is 2.73. The van der Waals surface area contributed by atoms with Gasteiger partial charge in [0.05, 0.1) is 6.61 Å². The van der Waals surface area contributed by atoms with Crippen molar-refractivity contribution in [1.82, 2.24) is 4.90 Å². The molecule has 0 spiro atoms. The second kappa shape index (κ2) is 10.8. The predicted molar refractivity (Wildman–Crippen MR) is 126 cm³/mol. The molecule has 0 bridgehead atoms. The molecule has 0 unspecified atom stereocenters. The van der Waals surface area contributed by atoms with Gasteiger partial charge in [0.25, 0.3) is 0 Å². The SMILES string of the molecule is CC(C)(C)OC(=O)N1CCC(COCc2cccc(OS(=O)(=O)c3cccc(Cl)c3)c2)CC1. The van der Waals surface area contributed by atoms with Crippen LogP contribution in [-0.4, -0.2) is 44.7 Å². The molecule has 33 heavy (non-hydrogen) atoms. The highest BCUT2D eigenvalue weighted by atomic mass is 35.5. The number of likely N-dealkylation sites (tertiary alicyclic amines) is 1. The summed E-state index contributed by atoms with van der Waals surface area (Å²) in [5.74, 6) is 0.563. The van der Waals surface area contributed by atoms with Gasteiger partial charge in [0.1, 0.15) is 16.2 Å². The molecule has 9 heteroatoms. The van der Waals surface area contributed by atoms with E-state index in [-0.39, 0.29) is 16.7 Å². The fourth-order valence-corrected chi connectivity index (χ4v) is 4.66. The molecule has 0 atom stereocenters. The van der Waals surface area contributed by atoms with Gasteiger partial charge in [-0.2, -0.15) is 8.42 Å². The van der Waals surface area contributed by atoms with Gasteiger partial charge in [0.15, 0.2) is 0 Å². The third-order valence-corrected chi connectivity index (χ3v) is 6.56. The fourth-order valence-electron chi connectivity index (χ4n) is 3.44. The van der Waals surface area contributed by atoms with Crippen LogP contribution in [0, 0.1) is 5.92 Å². The Morgan fingerprint density at radius 3 is 2.45 bits per heavy atom. The van der Waals surface area contributed by atoms with E-state index < -0.39 is 15.7 Å². The Balaban J connectivity index is 1.47. The lowest BCUT2D eigenvalue weighted by Gasteiger charge is -2.33. The Labute approximate surface area is 200 Å². The van der Waals surface area contributed by atoms with Crippen molar-refractivity contribution < 1.29 is 26.9 Å². The Hall–Kier alpha value is -2.29. The molecule has 1 aliphatic rings. The summed E-state index contributed by atoms with van der Waals surface area (Å²) in [6, 6.07) is 12.7. The molecule has 3 rings (SSSR count). The van der Waals surface area contributed by atoms with Gasteiger partial charge in [-0.1, -0.05) is 29.8 Å². The smallest absolute Gasteiger partial charge is 0.410 e. The van der Waals surface area contributed by atoms with Crippen molar-refractivity contribution in [3.8, 4) is 5.75 Å². The molecule has 1 heterocycles. The first-order valence-corrected chi connectivity index (χ1v) is 12.7. The molecule has 180 valence electrons. The molecule has 0 saturated carbocycles. The van der Waals surface area contributed by atoms with E-state index in [0.717, 1.165) is 18.4 Å². The average molecular weight is 496 g/mol. The highest BCUT2D eigenvalue weighted by Crippen LogP contribution is 2.23. The molecule has 0 aromatic heterocycles. The first-order chi connectivity index (χ1) is 15.5. The van der Waals surface area contributed by atoms with Gasteiger partial charge in [-0.05, 0) is 75.4 Å². The molecule has 2 aromatic carbocycles. The van der Waals surface area contributed by atoms with Crippen LogP contribution in [0.15, 0.2) is 53.4 Å². The summed E-state index contributed by atoms with van der Waals surface area (Å²) in [5, 5.41) is 0.318. The number of halogens is 1. The second-order valence-electron chi connectivity index (χ2n) is 9.07. The van der Waals surface area contributed by atoms with Crippen LogP contribution in [-0.2, 0) is 26.2 Å². The molecule has 0 radical (unpaired) electrons. The van der Waals surface area contributed by atoms with E-state index in [4.69, 9.17) is 25.3 Å². The number of hydrogen-bond acceptors (Lipinski definition) is 6. The van der Waals surface area contributed by atoms with E-state index in [2.05, 4.69) is 0 Å². The number of nitrogens with zero attached hydrogens (tertiary/aromatic N) is 1. The van der Waals surface area contributed by atoms with Crippen LogP contribution in [0.3, 0.4) is 0 Å². The summed E-state index contributed by atoms with van der Waals surface area (Å²) in [6.45, 7) is 7.77. The lowest BCUT2D eigenvalue weighted by Crippen LogP contribution is -2.42. The maximum atomic E-state index is 12.5. The highest BCUT2D eigenvalue weighted by molar-refractivity contribution is 7.87. The van der Waals surface area contributed by atoms with Gasteiger partial charge in [-0.15, -0.1) is 0 Å². The molecule has 1 saturated heterocycles. The van der Waals surface area contributed by atoms with E-state index in [0.29, 0.717) is 37.2 Å². The van der Waals surface area contributed by atoms with E-state index in [1.54, 1.807) is 35.2 Å². The number of amides is 1. The Bertz CT molecular complexity index is 1060. The van der Waals surface area contributed by atoms with Crippen LogP contribution < -0.4 is 4.18 Å². The number of hydrogen-bond donors (Lipinski definition) is 0. The number of carbonyl (C=O) groups is 1. The largest absolute Gasteiger partial charge is 0.444 e. The molecule has 1 aliphatic heterocycles. The monoisotopic (exact) mass is 495 g/mol. The number of rotatable bonds is 7. The van der Waals surface area contributed by atoms with Crippen LogP contribution in [0.5, 0.6) is 5.75 Å². The van der Waals surface area contributed by atoms with Crippen LogP contribution in [0.2, 0.25) is 5.02 Å². The van der Waals surface area contributed by atoms with Gasteiger partial charge >= 0.3 is 16.2 Å². The van der Waals surface area contributed by atoms with E-state index >= 15 is 0 Å². The normalized spacial score (nSPS) is 15.3. The summed E-state index contributed by atoms with van der Waals surface area (Å²) in [6.07, 6.45) is 1.42. The van der Waals surface area contributed by atoms with Crippen molar-refractivity contribution in [1.29, 1.82) is 0 Å². The van der Waals surface area contributed by atoms with Gasteiger partial charge in [0.2, 0.25) is 0 Å². The van der Waals surface area contributed by atoms with Gasteiger partial charge in [-0.25, -0.2) is 4.79 Å². The first-order valence-electron chi connectivity index (χ1n) is 10.9. The summed E-state index contributed by atoms with van der Waals surface area (Å²) < 4.78 is 41.5. The van der Waals surface area contributed by atoms with Crippen molar-refractivity contribution in [2.24, 2.45) is 5.92 Å².